The zero-order valence-electron chi connectivity index (χ0n) is 16.4. The molecule has 0 N–H and O–H groups in total. The number of carbonyl (C=O) groups is 1. The third-order valence-electron chi connectivity index (χ3n) is 4.70. The third kappa shape index (κ3) is 4.83. The van der Waals surface area contributed by atoms with Crippen LogP contribution in [-0.2, 0) is 14.3 Å². The lowest BCUT2D eigenvalue weighted by molar-refractivity contribution is -0.137. The number of likely N-dealkylation sites (tertiary alicyclic amines) is 1. The summed E-state index contributed by atoms with van der Waals surface area (Å²) in [4.78, 5) is 18.3. The largest absolute Gasteiger partial charge is 0.382 e. The van der Waals surface area contributed by atoms with Gasteiger partial charge in [-0.15, -0.1) is 0 Å². The van der Waals surface area contributed by atoms with Gasteiger partial charge in [0.2, 0.25) is 5.91 Å². The van der Waals surface area contributed by atoms with Crippen LogP contribution in [0.15, 0.2) is 24.7 Å². The number of carbonyl (C=O) groups excluding carboxylic acids is 1. The van der Waals surface area contributed by atoms with Gasteiger partial charge in [-0.05, 0) is 31.4 Å². The van der Waals surface area contributed by atoms with Gasteiger partial charge in [0.05, 0.1) is 18.7 Å². The van der Waals surface area contributed by atoms with Crippen molar-refractivity contribution in [3.8, 4) is 0 Å². The van der Waals surface area contributed by atoms with Gasteiger partial charge >= 0.3 is 0 Å². The minimum absolute atomic E-state index is 0.0716. The van der Waals surface area contributed by atoms with E-state index >= 15 is 0 Å². The molecule has 0 atom stereocenters. The van der Waals surface area contributed by atoms with Crippen molar-refractivity contribution in [3.05, 3.63) is 30.2 Å². The fourth-order valence-corrected chi connectivity index (χ4v) is 3.35. The molecule has 3 heterocycles. The van der Waals surface area contributed by atoms with Crippen LogP contribution in [0.1, 0.15) is 38.3 Å². The van der Waals surface area contributed by atoms with Crippen molar-refractivity contribution in [1.29, 1.82) is 0 Å². The monoisotopic (exact) mass is 361 g/mol. The molecule has 0 saturated carbocycles. The number of aromatic nitrogens is 2. The van der Waals surface area contributed by atoms with Crippen LogP contribution in [0.4, 0.5) is 0 Å². The van der Waals surface area contributed by atoms with E-state index in [0.717, 1.165) is 25.9 Å². The van der Waals surface area contributed by atoms with Crippen LogP contribution < -0.4 is 0 Å². The van der Waals surface area contributed by atoms with Crippen LogP contribution in [0, 0.1) is 6.92 Å². The molecule has 3 rings (SSSR count). The van der Waals surface area contributed by atoms with Crippen molar-refractivity contribution in [2.75, 3.05) is 40.0 Å². The normalized spacial score (nSPS) is 15.0. The number of hydrogen-bond donors (Lipinski definition) is 0. The Hall–Kier alpha value is -1.92. The van der Waals surface area contributed by atoms with E-state index in [2.05, 4.69) is 28.7 Å². The maximum Gasteiger partial charge on any atom is 0.248 e. The van der Waals surface area contributed by atoms with Gasteiger partial charge in [-0.2, -0.15) is 0 Å². The van der Waals surface area contributed by atoms with Crippen LogP contribution >= 0.6 is 0 Å². The number of piperidine rings is 1. The number of rotatable bonds is 6. The van der Waals surface area contributed by atoms with E-state index in [1.165, 1.54) is 16.5 Å². The van der Waals surface area contributed by atoms with Gasteiger partial charge in [0, 0.05) is 50.2 Å². The highest BCUT2D eigenvalue weighted by atomic mass is 16.5. The minimum atomic E-state index is 0.0716. The first kappa shape index (κ1) is 20.4. The minimum Gasteiger partial charge on any atom is -0.382 e. The van der Waals surface area contributed by atoms with Gasteiger partial charge in [-0.25, -0.2) is 0 Å². The molecule has 0 spiro atoms. The molecule has 144 valence electrons. The predicted octanol–water partition coefficient (Wildman–Crippen LogP) is 3.20. The van der Waals surface area contributed by atoms with Gasteiger partial charge in [-0.1, -0.05) is 13.8 Å². The van der Waals surface area contributed by atoms with E-state index in [-0.39, 0.29) is 12.5 Å². The summed E-state index contributed by atoms with van der Waals surface area (Å²) >= 11 is 0. The molecule has 2 aromatic rings. The molecular weight excluding hydrogens is 330 g/mol. The number of amides is 1. The summed E-state index contributed by atoms with van der Waals surface area (Å²) in [5.74, 6) is 0.0716. The molecular formula is C20H31N3O3. The first-order valence-electron chi connectivity index (χ1n) is 9.46. The SMILES string of the molecule is CC.COCCOCC(=O)N1CCC(n2cc(C)c3cnccc32)CC1. The molecule has 0 aromatic carbocycles. The Morgan fingerprint density at radius 2 is 2.00 bits per heavy atom. The van der Waals surface area contributed by atoms with Gasteiger partial charge in [-0.3, -0.25) is 9.78 Å². The molecule has 6 nitrogen and oxygen atoms in total. The molecule has 1 aliphatic heterocycles. The maximum absolute atomic E-state index is 12.2. The standard InChI is InChI=1S/C18H25N3O3.C2H6/c1-14-12-21(17-3-6-19-11-16(14)17)15-4-7-20(8-5-15)18(22)13-24-10-9-23-2;1-2/h3,6,11-12,15H,4-5,7-10,13H2,1-2H3;1-2H3. The lowest BCUT2D eigenvalue weighted by Gasteiger charge is -2.33. The summed E-state index contributed by atoms with van der Waals surface area (Å²) in [6.07, 6.45) is 7.92. The van der Waals surface area contributed by atoms with Crippen LogP contribution in [0.5, 0.6) is 0 Å². The molecule has 26 heavy (non-hydrogen) atoms. The van der Waals surface area contributed by atoms with E-state index < -0.39 is 0 Å². The van der Waals surface area contributed by atoms with Gasteiger partial charge in [0.15, 0.2) is 0 Å². The number of pyridine rings is 1. The number of fused-ring (bicyclic) bond motifs is 1. The maximum atomic E-state index is 12.2. The Morgan fingerprint density at radius 1 is 1.27 bits per heavy atom. The second kappa shape index (κ2) is 10.3. The first-order chi connectivity index (χ1) is 12.7. The lowest BCUT2D eigenvalue weighted by Crippen LogP contribution is -2.41. The van der Waals surface area contributed by atoms with E-state index in [1.54, 1.807) is 7.11 Å². The fraction of sp³-hybridized carbons (Fsp3) is 0.600. The number of methoxy groups -OCH3 is 1. The molecule has 2 aromatic heterocycles. The third-order valence-corrected chi connectivity index (χ3v) is 4.70. The summed E-state index contributed by atoms with van der Waals surface area (Å²) in [5, 5.41) is 1.21. The van der Waals surface area contributed by atoms with Crippen molar-refractivity contribution < 1.29 is 14.3 Å². The summed E-state index contributed by atoms with van der Waals surface area (Å²) in [6.45, 7) is 8.80. The zero-order valence-corrected chi connectivity index (χ0v) is 16.4. The molecule has 6 heteroatoms. The highest BCUT2D eigenvalue weighted by molar-refractivity contribution is 5.82. The quantitative estimate of drug-likeness (QED) is 0.742. The predicted molar refractivity (Wildman–Crippen MR) is 103 cm³/mol. The van der Waals surface area contributed by atoms with Gasteiger partial charge in [0.25, 0.3) is 0 Å². The van der Waals surface area contributed by atoms with Crippen molar-refractivity contribution in [1.82, 2.24) is 14.5 Å². The summed E-state index contributed by atoms with van der Waals surface area (Å²) in [7, 11) is 1.62. The van der Waals surface area contributed by atoms with Crippen molar-refractivity contribution >= 4 is 16.8 Å². The Labute approximate surface area is 156 Å². The number of nitrogens with zero attached hydrogens (tertiary/aromatic N) is 3. The van der Waals surface area contributed by atoms with E-state index in [9.17, 15) is 4.79 Å². The second-order valence-electron chi connectivity index (χ2n) is 6.27. The number of ether oxygens (including phenoxy) is 2. The first-order valence-corrected chi connectivity index (χ1v) is 9.46. The van der Waals surface area contributed by atoms with E-state index in [4.69, 9.17) is 9.47 Å². The van der Waals surface area contributed by atoms with Gasteiger partial charge in [0.1, 0.15) is 6.61 Å². The highest BCUT2D eigenvalue weighted by Crippen LogP contribution is 2.29. The van der Waals surface area contributed by atoms with E-state index in [0.29, 0.717) is 19.3 Å². The van der Waals surface area contributed by atoms with Crippen molar-refractivity contribution in [2.24, 2.45) is 0 Å². The summed E-state index contributed by atoms with van der Waals surface area (Å²) < 4.78 is 12.6. The summed E-state index contributed by atoms with van der Waals surface area (Å²) in [5.41, 5.74) is 2.48. The average molecular weight is 361 g/mol. The van der Waals surface area contributed by atoms with E-state index in [1.807, 2.05) is 31.1 Å². The topological polar surface area (TPSA) is 56.6 Å². The molecule has 0 bridgehead atoms. The van der Waals surface area contributed by atoms with Gasteiger partial charge < -0.3 is 18.9 Å². The average Bonchev–Trinajstić information content (AvgIpc) is 3.04. The lowest BCUT2D eigenvalue weighted by atomic mass is 10.0. The fourth-order valence-electron chi connectivity index (χ4n) is 3.35. The van der Waals surface area contributed by atoms with Crippen molar-refractivity contribution in [2.45, 2.75) is 39.7 Å². The number of hydrogen-bond acceptors (Lipinski definition) is 4. The Balaban J connectivity index is 0.00000117. The highest BCUT2D eigenvalue weighted by Gasteiger charge is 2.24. The van der Waals surface area contributed by atoms with Crippen LogP contribution in [0.2, 0.25) is 0 Å². The molecule has 1 aliphatic rings. The second-order valence-corrected chi connectivity index (χ2v) is 6.27. The Bertz CT molecular complexity index is 691. The molecule has 1 saturated heterocycles. The van der Waals surface area contributed by atoms with Crippen molar-refractivity contribution in [3.63, 3.8) is 0 Å². The zero-order chi connectivity index (χ0) is 18.9. The molecule has 0 radical (unpaired) electrons. The Kier molecular flexibility index (Phi) is 8.06. The number of aryl methyl sites for hydroxylation is 1. The summed E-state index contributed by atoms with van der Waals surface area (Å²) in [6, 6.07) is 2.51. The molecule has 1 amide bonds. The van der Waals surface area contributed by atoms with Crippen LogP contribution in [0.25, 0.3) is 10.9 Å². The van der Waals surface area contributed by atoms with Crippen LogP contribution in [-0.4, -0.2) is 60.4 Å². The smallest absolute Gasteiger partial charge is 0.248 e. The molecule has 0 aliphatic carbocycles. The van der Waals surface area contributed by atoms with Crippen LogP contribution in [0.3, 0.4) is 0 Å². The molecule has 0 unspecified atom stereocenters. The Morgan fingerprint density at radius 3 is 2.69 bits per heavy atom. The molecule has 1 fully saturated rings.